The third kappa shape index (κ3) is 3.82. The summed E-state index contributed by atoms with van der Waals surface area (Å²) in [5.41, 5.74) is 0.787. The number of ether oxygens (including phenoxy) is 1. The van der Waals surface area contributed by atoms with Gasteiger partial charge in [-0.1, -0.05) is 23.3 Å². The van der Waals surface area contributed by atoms with Crippen LogP contribution in [0, 0.1) is 6.92 Å². The molecule has 0 amide bonds. The van der Waals surface area contributed by atoms with E-state index in [1.807, 2.05) is 19.9 Å². The lowest BCUT2D eigenvalue weighted by molar-refractivity contribution is 0.102. The standard InChI is InChI=1S/C21H21ClO6/c1-10(2)5-6-12-16(28-4)8-14(24)13(9-23)17(12)20(26)18-15(25)7-11(3)19(22)21(18)27/h5,7-9,24-25,27H,6H2,1-4H3. The zero-order valence-electron chi connectivity index (χ0n) is 16.0. The molecule has 0 aliphatic carbocycles. The van der Waals surface area contributed by atoms with Crippen LogP contribution in [0.15, 0.2) is 23.8 Å². The number of phenols is 3. The first-order valence-electron chi connectivity index (χ1n) is 8.41. The molecule has 0 bridgehead atoms. The maximum absolute atomic E-state index is 13.3. The number of hydrogen-bond donors (Lipinski definition) is 3. The number of benzene rings is 2. The van der Waals surface area contributed by atoms with E-state index < -0.39 is 28.6 Å². The van der Waals surface area contributed by atoms with Gasteiger partial charge in [-0.15, -0.1) is 0 Å². The highest BCUT2D eigenvalue weighted by molar-refractivity contribution is 6.34. The summed E-state index contributed by atoms with van der Waals surface area (Å²) in [7, 11) is 1.37. The highest BCUT2D eigenvalue weighted by Gasteiger charge is 2.29. The molecule has 0 heterocycles. The van der Waals surface area contributed by atoms with Crippen LogP contribution in [0.5, 0.6) is 23.0 Å². The van der Waals surface area contributed by atoms with Crippen molar-refractivity contribution in [3.05, 3.63) is 56.6 Å². The van der Waals surface area contributed by atoms with Crippen LogP contribution in [-0.2, 0) is 6.42 Å². The minimum Gasteiger partial charge on any atom is -0.507 e. The Kier molecular flexibility index (Phi) is 6.36. The molecule has 148 valence electrons. The Morgan fingerprint density at radius 2 is 1.79 bits per heavy atom. The Morgan fingerprint density at radius 3 is 2.32 bits per heavy atom. The molecule has 6 nitrogen and oxygen atoms in total. The molecule has 0 aromatic heterocycles. The summed E-state index contributed by atoms with van der Waals surface area (Å²) in [4.78, 5) is 24.9. The summed E-state index contributed by atoms with van der Waals surface area (Å²) in [5, 5.41) is 30.7. The number of methoxy groups -OCH3 is 1. The van der Waals surface area contributed by atoms with Crippen LogP contribution in [0.2, 0.25) is 5.02 Å². The van der Waals surface area contributed by atoms with Crippen molar-refractivity contribution in [2.75, 3.05) is 7.11 Å². The van der Waals surface area contributed by atoms with Gasteiger partial charge in [0.05, 0.1) is 17.7 Å². The average molecular weight is 405 g/mol. The first-order chi connectivity index (χ1) is 13.1. The van der Waals surface area contributed by atoms with Gasteiger partial charge in [-0.05, 0) is 38.8 Å². The van der Waals surface area contributed by atoms with Gasteiger partial charge in [0.2, 0.25) is 5.78 Å². The first kappa shape index (κ1) is 21.3. The van der Waals surface area contributed by atoms with Gasteiger partial charge in [0.25, 0.3) is 0 Å². The molecule has 0 aliphatic heterocycles. The number of rotatable bonds is 6. The van der Waals surface area contributed by atoms with Gasteiger partial charge in [0.15, 0.2) is 6.29 Å². The first-order valence-corrected chi connectivity index (χ1v) is 8.78. The van der Waals surface area contributed by atoms with Gasteiger partial charge < -0.3 is 20.1 Å². The Labute approximate surface area is 167 Å². The fraction of sp³-hybridized carbons (Fsp3) is 0.238. The molecule has 0 spiro atoms. The lowest BCUT2D eigenvalue weighted by Crippen LogP contribution is -2.12. The summed E-state index contributed by atoms with van der Waals surface area (Å²) in [6.07, 6.45) is 2.40. The Hall–Kier alpha value is -2.99. The summed E-state index contributed by atoms with van der Waals surface area (Å²) >= 11 is 6.03. The van der Waals surface area contributed by atoms with Crippen LogP contribution >= 0.6 is 11.6 Å². The van der Waals surface area contributed by atoms with E-state index in [1.165, 1.54) is 19.2 Å². The summed E-state index contributed by atoms with van der Waals surface area (Å²) in [6, 6.07) is 2.49. The number of carbonyl (C=O) groups excluding carboxylic acids is 2. The van der Waals surface area contributed by atoms with Crippen molar-refractivity contribution in [1.29, 1.82) is 0 Å². The molecule has 2 aromatic rings. The van der Waals surface area contributed by atoms with Gasteiger partial charge >= 0.3 is 0 Å². The number of allylic oxidation sites excluding steroid dienone is 2. The topological polar surface area (TPSA) is 104 Å². The minimum absolute atomic E-state index is 0.0910. The van der Waals surface area contributed by atoms with Crippen LogP contribution in [0.1, 0.15) is 51.3 Å². The third-order valence-corrected chi connectivity index (χ3v) is 4.80. The summed E-state index contributed by atoms with van der Waals surface area (Å²) < 4.78 is 5.28. The van der Waals surface area contributed by atoms with Gasteiger partial charge in [-0.3, -0.25) is 9.59 Å². The second kappa shape index (κ2) is 8.35. The van der Waals surface area contributed by atoms with Crippen molar-refractivity contribution in [3.63, 3.8) is 0 Å². The van der Waals surface area contributed by atoms with E-state index in [2.05, 4.69) is 0 Å². The monoisotopic (exact) mass is 404 g/mol. The predicted octanol–water partition coefficient (Wildman–Crippen LogP) is 4.33. The molecule has 0 saturated heterocycles. The molecule has 0 atom stereocenters. The van der Waals surface area contributed by atoms with Crippen molar-refractivity contribution < 1.29 is 29.6 Å². The number of phenolic OH excluding ortho intramolecular Hbond substituents is 3. The Balaban J connectivity index is 2.88. The van der Waals surface area contributed by atoms with Crippen molar-refractivity contribution in [2.24, 2.45) is 0 Å². The van der Waals surface area contributed by atoms with Crippen LogP contribution in [0.4, 0.5) is 0 Å². The lowest BCUT2D eigenvalue weighted by Gasteiger charge is -2.17. The number of halogens is 1. The molecule has 3 N–H and O–H groups in total. The van der Waals surface area contributed by atoms with Gasteiger partial charge in [0, 0.05) is 17.2 Å². The van der Waals surface area contributed by atoms with E-state index in [0.29, 0.717) is 17.4 Å². The molecule has 28 heavy (non-hydrogen) atoms. The number of aromatic hydroxyl groups is 3. The molecule has 0 radical (unpaired) electrons. The van der Waals surface area contributed by atoms with Crippen LogP contribution in [0.25, 0.3) is 0 Å². The Morgan fingerprint density at radius 1 is 1.14 bits per heavy atom. The largest absolute Gasteiger partial charge is 0.507 e. The Bertz CT molecular complexity index is 987. The molecule has 0 fully saturated rings. The maximum Gasteiger partial charge on any atom is 0.201 e. The maximum atomic E-state index is 13.3. The van der Waals surface area contributed by atoms with Crippen molar-refractivity contribution >= 4 is 23.7 Å². The van der Waals surface area contributed by atoms with Crippen molar-refractivity contribution in [2.45, 2.75) is 27.2 Å². The van der Waals surface area contributed by atoms with E-state index in [1.54, 1.807) is 6.92 Å². The highest BCUT2D eigenvalue weighted by Crippen LogP contribution is 2.41. The number of hydrogen-bond acceptors (Lipinski definition) is 6. The van der Waals surface area contributed by atoms with Gasteiger partial charge in [-0.2, -0.15) is 0 Å². The molecule has 0 aliphatic rings. The van der Waals surface area contributed by atoms with E-state index in [9.17, 15) is 24.9 Å². The van der Waals surface area contributed by atoms with Crippen molar-refractivity contribution in [1.82, 2.24) is 0 Å². The SMILES string of the molecule is COc1cc(O)c(C=O)c(C(=O)c2c(O)cc(C)c(Cl)c2O)c1CC=C(C)C. The predicted molar refractivity (Wildman–Crippen MR) is 106 cm³/mol. The molecule has 7 heteroatoms. The fourth-order valence-corrected chi connectivity index (χ4v) is 3.03. The minimum atomic E-state index is -0.856. The second-order valence-electron chi connectivity index (χ2n) is 6.55. The number of ketones is 1. The van der Waals surface area contributed by atoms with Gasteiger partial charge in [-0.25, -0.2) is 0 Å². The number of aldehydes is 1. The molecule has 2 rings (SSSR count). The number of carbonyl (C=O) groups is 2. The summed E-state index contributed by atoms with van der Waals surface area (Å²) in [6.45, 7) is 5.29. The van der Waals surface area contributed by atoms with E-state index in [-0.39, 0.29) is 28.3 Å². The molecule has 0 saturated carbocycles. The van der Waals surface area contributed by atoms with Crippen LogP contribution in [-0.4, -0.2) is 34.5 Å². The average Bonchev–Trinajstić information content (AvgIpc) is 2.63. The van der Waals surface area contributed by atoms with E-state index >= 15 is 0 Å². The third-order valence-electron chi connectivity index (χ3n) is 4.32. The van der Waals surface area contributed by atoms with Gasteiger partial charge in [0.1, 0.15) is 28.6 Å². The van der Waals surface area contributed by atoms with E-state index in [4.69, 9.17) is 16.3 Å². The van der Waals surface area contributed by atoms with Crippen molar-refractivity contribution in [3.8, 4) is 23.0 Å². The molecular weight excluding hydrogens is 384 g/mol. The van der Waals surface area contributed by atoms with Crippen LogP contribution in [0.3, 0.4) is 0 Å². The molecule has 2 aromatic carbocycles. The number of aryl methyl sites for hydroxylation is 1. The summed E-state index contributed by atoms with van der Waals surface area (Å²) in [5.74, 6) is -2.20. The highest BCUT2D eigenvalue weighted by atomic mass is 35.5. The lowest BCUT2D eigenvalue weighted by atomic mass is 9.89. The zero-order chi connectivity index (χ0) is 21.2. The molecular formula is C21H21ClO6. The van der Waals surface area contributed by atoms with E-state index in [0.717, 1.165) is 5.57 Å². The quantitative estimate of drug-likeness (QED) is 0.376. The normalized spacial score (nSPS) is 10.5. The molecule has 0 unspecified atom stereocenters. The fourth-order valence-electron chi connectivity index (χ4n) is 2.88. The smallest absolute Gasteiger partial charge is 0.201 e. The second-order valence-corrected chi connectivity index (χ2v) is 6.93. The zero-order valence-corrected chi connectivity index (χ0v) is 16.7. The van der Waals surface area contributed by atoms with Crippen LogP contribution < -0.4 is 4.74 Å².